The summed E-state index contributed by atoms with van der Waals surface area (Å²) >= 11 is 0. The molecular formula is C8H12N4O3. The number of hydrogen-bond donors (Lipinski definition) is 2. The third kappa shape index (κ3) is 1.95. The lowest BCUT2D eigenvalue weighted by atomic mass is 10.0. The molecule has 0 spiro atoms. The standard InChI is InChI=1S/C8H12N4O3/c1-8(2,7(14)15)12(3)6(13)5-9-4-10-11-5/h4H,1-3H3,(H,14,15)(H,9,10,11). The van der Waals surface area contributed by atoms with Crippen LogP contribution in [-0.4, -0.2) is 49.7 Å². The fourth-order valence-electron chi connectivity index (χ4n) is 0.865. The molecule has 0 aliphatic rings. The summed E-state index contributed by atoms with van der Waals surface area (Å²) in [7, 11) is 1.40. The quantitative estimate of drug-likeness (QED) is 0.719. The normalized spacial score (nSPS) is 11.1. The van der Waals surface area contributed by atoms with Crippen LogP contribution in [0.5, 0.6) is 0 Å². The van der Waals surface area contributed by atoms with E-state index < -0.39 is 17.4 Å². The molecule has 1 rings (SSSR count). The van der Waals surface area contributed by atoms with Crippen LogP contribution in [0.25, 0.3) is 0 Å². The predicted octanol–water partition coefficient (Wildman–Crippen LogP) is -0.260. The van der Waals surface area contributed by atoms with Gasteiger partial charge in [0, 0.05) is 7.05 Å². The lowest BCUT2D eigenvalue weighted by molar-refractivity contribution is -0.147. The van der Waals surface area contributed by atoms with E-state index in [4.69, 9.17) is 5.11 Å². The number of hydrogen-bond acceptors (Lipinski definition) is 4. The lowest BCUT2D eigenvalue weighted by Crippen LogP contribution is -2.51. The van der Waals surface area contributed by atoms with Crippen molar-refractivity contribution >= 4 is 11.9 Å². The van der Waals surface area contributed by atoms with E-state index in [2.05, 4.69) is 15.2 Å². The molecule has 7 heteroatoms. The molecule has 0 fully saturated rings. The van der Waals surface area contributed by atoms with Gasteiger partial charge in [0.2, 0.25) is 5.82 Å². The highest BCUT2D eigenvalue weighted by Crippen LogP contribution is 2.14. The van der Waals surface area contributed by atoms with Gasteiger partial charge in [0.1, 0.15) is 11.9 Å². The van der Waals surface area contributed by atoms with Crippen LogP contribution >= 0.6 is 0 Å². The average molecular weight is 212 g/mol. The van der Waals surface area contributed by atoms with Crippen LogP contribution in [0.2, 0.25) is 0 Å². The number of likely N-dealkylation sites (N-methyl/N-ethyl adjacent to an activating group) is 1. The van der Waals surface area contributed by atoms with Gasteiger partial charge in [-0.15, -0.1) is 0 Å². The number of aromatic amines is 1. The Kier molecular flexibility index (Phi) is 2.74. The Morgan fingerprint density at radius 3 is 2.53 bits per heavy atom. The van der Waals surface area contributed by atoms with Gasteiger partial charge < -0.3 is 10.0 Å². The third-order valence-electron chi connectivity index (χ3n) is 2.28. The van der Waals surface area contributed by atoms with Crippen LogP contribution in [0, 0.1) is 0 Å². The highest BCUT2D eigenvalue weighted by molar-refractivity contribution is 5.94. The summed E-state index contributed by atoms with van der Waals surface area (Å²) in [4.78, 5) is 27.3. The molecular weight excluding hydrogens is 200 g/mol. The summed E-state index contributed by atoms with van der Waals surface area (Å²) in [5, 5.41) is 14.8. The number of carboxylic acids is 1. The molecule has 1 amide bonds. The van der Waals surface area contributed by atoms with Gasteiger partial charge in [-0.3, -0.25) is 9.89 Å². The number of carbonyl (C=O) groups is 2. The van der Waals surface area contributed by atoms with Gasteiger partial charge in [0.05, 0.1) is 0 Å². The van der Waals surface area contributed by atoms with Crippen molar-refractivity contribution in [2.45, 2.75) is 19.4 Å². The molecule has 1 heterocycles. The van der Waals surface area contributed by atoms with Crippen molar-refractivity contribution in [2.75, 3.05) is 7.05 Å². The predicted molar refractivity (Wildman–Crippen MR) is 50.2 cm³/mol. The molecule has 0 bridgehead atoms. The van der Waals surface area contributed by atoms with Crippen LogP contribution in [0.3, 0.4) is 0 Å². The first-order valence-corrected chi connectivity index (χ1v) is 4.24. The molecule has 0 atom stereocenters. The number of nitrogens with zero attached hydrogens (tertiary/aromatic N) is 3. The van der Waals surface area contributed by atoms with E-state index in [9.17, 15) is 9.59 Å². The van der Waals surface area contributed by atoms with Gasteiger partial charge in [-0.1, -0.05) is 0 Å². The van der Waals surface area contributed by atoms with Gasteiger partial charge in [-0.25, -0.2) is 9.78 Å². The molecule has 0 unspecified atom stereocenters. The molecule has 0 aliphatic carbocycles. The van der Waals surface area contributed by atoms with Crippen LogP contribution in [0.15, 0.2) is 6.33 Å². The Morgan fingerprint density at radius 2 is 2.13 bits per heavy atom. The van der Waals surface area contributed by atoms with Crippen LogP contribution < -0.4 is 0 Å². The minimum atomic E-state index is -1.29. The van der Waals surface area contributed by atoms with Crippen LogP contribution in [0.4, 0.5) is 0 Å². The molecule has 0 aliphatic heterocycles. The summed E-state index contributed by atoms with van der Waals surface area (Å²) in [6.07, 6.45) is 1.19. The number of aliphatic carboxylic acids is 1. The molecule has 82 valence electrons. The van der Waals surface area contributed by atoms with Crippen LogP contribution in [0.1, 0.15) is 24.5 Å². The Morgan fingerprint density at radius 1 is 1.53 bits per heavy atom. The van der Waals surface area contributed by atoms with Crippen molar-refractivity contribution in [1.29, 1.82) is 0 Å². The van der Waals surface area contributed by atoms with Crippen molar-refractivity contribution < 1.29 is 14.7 Å². The number of rotatable bonds is 3. The second-order valence-corrected chi connectivity index (χ2v) is 3.56. The molecule has 0 aromatic carbocycles. The number of H-pyrrole nitrogens is 1. The summed E-state index contributed by atoms with van der Waals surface area (Å²) in [6, 6.07) is 0. The van der Waals surface area contributed by atoms with Crippen molar-refractivity contribution in [2.24, 2.45) is 0 Å². The fourth-order valence-corrected chi connectivity index (χ4v) is 0.865. The SMILES string of the molecule is CN(C(=O)c1ncn[nH]1)C(C)(C)C(=O)O. The van der Waals surface area contributed by atoms with E-state index in [-0.39, 0.29) is 5.82 Å². The third-order valence-corrected chi connectivity index (χ3v) is 2.28. The Bertz CT molecular complexity index is 371. The molecule has 2 N–H and O–H groups in total. The number of aromatic nitrogens is 3. The highest BCUT2D eigenvalue weighted by atomic mass is 16.4. The van der Waals surface area contributed by atoms with Gasteiger partial charge in [-0.2, -0.15) is 5.10 Å². The molecule has 7 nitrogen and oxygen atoms in total. The molecule has 0 saturated heterocycles. The Hall–Kier alpha value is -1.92. The van der Waals surface area contributed by atoms with E-state index in [1.807, 2.05) is 0 Å². The zero-order valence-corrected chi connectivity index (χ0v) is 8.68. The molecule has 15 heavy (non-hydrogen) atoms. The van der Waals surface area contributed by atoms with Crippen molar-refractivity contribution in [3.8, 4) is 0 Å². The van der Waals surface area contributed by atoms with Crippen molar-refractivity contribution in [3.05, 3.63) is 12.2 Å². The fraction of sp³-hybridized carbons (Fsp3) is 0.500. The number of carbonyl (C=O) groups excluding carboxylic acids is 1. The minimum absolute atomic E-state index is 0.0202. The van der Waals surface area contributed by atoms with Crippen molar-refractivity contribution in [1.82, 2.24) is 20.1 Å². The zero-order valence-electron chi connectivity index (χ0n) is 8.68. The summed E-state index contributed by atoms with van der Waals surface area (Å²) in [6.45, 7) is 2.87. The average Bonchev–Trinajstić information content (AvgIpc) is 2.67. The van der Waals surface area contributed by atoms with E-state index >= 15 is 0 Å². The summed E-state index contributed by atoms with van der Waals surface area (Å²) in [5.41, 5.74) is -1.29. The first-order valence-electron chi connectivity index (χ1n) is 4.24. The maximum absolute atomic E-state index is 11.7. The topological polar surface area (TPSA) is 99.2 Å². The number of carboxylic acid groups (broad SMARTS) is 1. The maximum Gasteiger partial charge on any atom is 0.329 e. The second-order valence-electron chi connectivity index (χ2n) is 3.56. The Labute approximate surface area is 86.1 Å². The molecule has 1 aromatic rings. The van der Waals surface area contributed by atoms with Crippen molar-refractivity contribution in [3.63, 3.8) is 0 Å². The summed E-state index contributed by atoms with van der Waals surface area (Å²) < 4.78 is 0. The first-order chi connectivity index (χ1) is 6.87. The second kappa shape index (κ2) is 3.68. The van der Waals surface area contributed by atoms with Gasteiger partial charge in [-0.05, 0) is 13.8 Å². The van der Waals surface area contributed by atoms with Crippen LogP contribution in [-0.2, 0) is 4.79 Å². The monoisotopic (exact) mass is 212 g/mol. The largest absolute Gasteiger partial charge is 0.480 e. The molecule has 1 aromatic heterocycles. The van der Waals surface area contributed by atoms with Gasteiger partial charge >= 0.3 is 5.97 Å². The lowest BCUT2D eigenvalue weighted by Gasteiger charge is -2.30. The van der Waals surface area contributed by atoms with Gasteiger partial charge in [0.25, 0.3) is 5.91 Å². The maximum atomic E-state index is 11.7. The zero-order chi connectivity index (χ0) is 11.6. The van der Waals surface area contributed by atoms with E-state index in [1.165, 1.54) is 27.2 Å². The smallest absolute Gasteiger partial charge is 0.329 e. The molecule has 0 saturated carbocycles. The van der Waals surface area contributed by atoms with E-state index in [0.717, 1.165) is 4.90 Å². The number of amides is 1. The molecule has 0 radical (unpaired) electrons. The van der Waals surface area contributed by atoms with Gasteiger partial charge in [0.15, 0.2) is 0 Å². The summed E-state index contributed by atoms with van der Waals surface area (Å²) in [5.74, 6) is -1.58. The van der Waals surface area contributed by atoms with E-state index in [1.54, 1.807) is 0 Å². The minimum Gasteiger partial charge on any atom is -0.480 e. The highest BCUT2D eigenvalue weighted by Gasteiger charge is 2.36. The number of nitrogens with one attached hydrogen (secondary N) is 1. The van der Waals surface area contributed by atoms with E-state index in [0.29, 0.717) is 0 Å². The Balaban J connectivity index is 2.91. The first kappa shape index (κ1) is 11.2.